The molecule has 1 aromatic heterocycles. The van der Waals surface area contributed by atoms with Gasteiger partial charge in [0.15, 0.2) is 5.69 Å². The Hall–Kier alpha value is -1.85. The summed E-state index contributed by atoms with van der Waals surface area (Å²) >= 11 is 0. The summed E-state index contributed by atoms with van der Waals surface area (Å²) in [7, 11) is 1.54. The number of esters is 1. The predicted octanol–water partition coefficient (Wildman–Crippen LogP) is 0.295. The van der Waals surface area contributed by atoms with Crippen LogP contribution in [-0.4, -0.2) is 33.4 Å². The molecule has 76 valence electrons. The normalized spacial score (nSPS) is 9.86. The summed E-state index contributed by atoms with van der Waals surface area (Å²) in [6, 6.07) is 0. The SMILES string of the molecule is CCOC(=O)c1cn(C)nc1C(=O)O. The lowest BCUT2D eigenvalue weighted by Gasteiger charge is -1.98. The predicted molar refractivity (Wildman–Crippen MR) is 46.1 cm³/mol. The molecule has 0 bridgehead atoms. The highest BCUT2D eigenvalue weighted by Gasteiger charge is 2.21. The van der Waals surface area contributed by atoms with Crippen molar-refractivity contribution < 1.29 is 19.4 Å². The van der Waals surface area contributed by atoms with E-state index in [0.29, 0.717) is 0 Å². The number of hydrogen-bond acceptors (Lipinski definition) is 4. The van der Waals surface area contributed by atoms with Crippen LogP contribution in [0.1, 0.15) is 27.8 Å². The zero-order valence-corrected chi connectivity index (χ0v) is 7.85. The van der Waals surface area contributed by atoms with E-state index in [1.54, 1.807) is 6.92 Å². The van der Waals surface area contributed by atoms with Gasteiger partial charge in [-0.1, -0.05) is 0 Å². The molecule has 6 heteroatoms. The van der Waals surface area contributed by atoms with Crippen LogP contribution in [0, 0.1) is 0 Å². The number of ether oxygens (including phenoxy) is 1. The molecular formula is C8H10N2O4. The first-order valence-corrected chi connectivity index (χ1v) is 4.00. The molecule has 0 fully saturated rings. The fourth-order valence-electron chi connectivity index (χ4n) is 1.00. The van der Waals surface area contributed by atoms with Gasteiger partial charge in [0.05, 0.1) is 6.61 Å². The van der Waals surface area contributed by atoms with Crippen LogP contribution in [0.5, 0.6) is 0 Å². The molecule has 1 rings (SSSR count). The Morgan fingerprint density at radius 2 is 2.29 bits per heavy atom. The lowest BCUT2D eigenvalue weighted by atomic mass is 10.2. The van der Waals surface area contributed by atoms with Crippen LogP contribution in [-0.2, 0) is 11.8 Å². The van der Waals surface area contributed by atoms with Crippen molar-refractivity contribution in [1.29, 1.82) is 0 Å². The zero-order chi connectivity index (χ0) is 10.7. The molecule has 1 N–H and O–H groups in total. The van der Waals surface area contributed by atoms with Crippen molar-refractivity contribution in [2.75, 3.05) is 6.61 Å². The molecule has 0 spiro atoms. The first-order chi connectivity index (χ1) is 6.56. The quantitative estimate of drug-likeness (QED) is 0.706. The van der Waals surface area contributed by atoms with Gasteiger partial charge in [-0.25, -0.2) is 9.59 Å². The van der Waals surface area contributed by atoms with E-state index >= 15 is 0 Å². The lowest BCUT2D eigenvalue weighted by Crippen LogP contribution is -2.10. The minimum atomic E-state index is -1.24. The average Bonchev–Trinajstić information content (AvgIpc) is 2.48. The van der Waals surface area contributed by atoms with Crippen molar-refractivity contribution in [3.8, 4) is 0 Å². The van der Waals surface area contributed by atoms with Crippen molar-refractivity contribution in [2.45, 2.75) is 6.92 Å². The number of nitrogens with zero attached hydrogens (tertiary/aromatic N) is 2. The lowest BCUT2D eigenvalue weighted by molar-refractivity contribution is 0.0514. The number of carboxylic acid groups (broad SMARTS) is 1. The molecule has 0 radical (unpaired) electrons. The van der Waals surface area contributed by atoms with Gasteiger partial charge >= 0.3 is 11.9 Å². The topological polar surface area (TPSA) is 81.4 Å². The summed E-state index contributed by atoms with van der Waals surface area (Å²) in [4.78, 5) is 21.9. The summed E-state index contributed by atoms with van der Waals surface area (Å²) in [5.74, 6) is -1.91. The third-order valence-electron chi connectivity index (χ3n) is 1.53. The number of aromatic nitrogens is 2. The average molecular weight is 198 g/mol. The van der Waals surface area contributed by atoms with E-state index in [1.807, 2.05) is 0 Å². The zero-order valence-electron chi connectivity index (χ0n) is 7.85. The molecule has 0 atom stereocenters. The number of aromatic carboxylic acids is 1. The van der Waals surface area contributed by atoms with Crippen molar-refractivity contribution in [1.82, 2.24) is 9.78 Å². The highest BCUT2D eigenvalue weighted by molar-refractivity contribution is 6.00. The monoisotopic (exact) mass is 198 g/mol. The van der Waals surface area contributed by atoms with Crippen molar-refractivity contribution >= 4 is 11.9 Å². The molecule has 1 heterocycles. The molecule has 1 aromatic rings. The third kappa shape index (κ3) is 1.90. The van der Waals surface area contributed by atoms with Gasteiger partial charge in [0.25, 0.3) is 0 Å². The number of rotatable bonds is 3. The fraction of sp³-hybridized carbons (Fsp3) is 0.375. The second-order valence-electron chi connectivity index (χ2n) is 2.59. The largest absolute Gasteiger partial charge is 0.476 e. The minimum Gasteiger partial charge on any atom is -0.476 e. The van der Waals surface area contributed by atoms with E-state index in [-0.39, 0.29) is 17.9 Å². The molecular weight excluding hydrogens is 188 g/mol. The van der Waals surface area contributed by atoms with E-state index in [9.17, 15) is 9.59 Å². The summed E-state index contributed by atoms with van der Waals surface area (Å²) in [6.07, 6.45) is 1.32. The van der Waals surface area contributed by atoms with Crippen LogP contribution in [0.15, 0.2) is 6.20 Å². The Balaban J connectivity index is 3.06. The summed E-state index contributed by atoms with van der Waals surface area (Å²) in [5.41, 5.74) is -0.312. The summed E-state index contributed by atoms with van der Waals surface area (Å²) < 4.78 is 5.94. The first-order valence-electron chi connectivity index (χ1n) is 4.00. The van der Waals surface area contributed by atoms with Crippen LogP contribution < -0.4 is 0 Å². The molecule has 0 aliphatic heterocycles. The molecule has 0 saturated carbocycles. The van der Waals surface area contributed by atoms with Gasteiger partial charge in [-0.3, -0.25) is 4.68 Å². The maximum absolute atomic E-state index is 11.2. The smallest absolute Gasteiger partial charge is 0.357 e. The standard InChI is InChI=1S/C8H10N2O4/c1-3-14-8(13)5-4-10(2)9-6(5)7(11)12/h4H,3H2,1-2H3,(H,11,12). The van der Waals surface area contributed by atoms with E-state index in [0.717, 1.165) is 0 Å². The van der Waals surface area contributed by atoms with E-state index in [2.05, 4.69) is 9.84 Å². The first kappa shape index (κ1) is 10.2. The summed E-state index contributed by atoms with van der Waals surface area (Å²) in [6.45, 7) is 1.85. The Morgan fingerprint density at radius 3 is 2.79 bits per heavy atom. The van der Waals surface area contributed by atoms with Gasteiger partial charge in [0, 0.05) is 13.2 Å². The Labute approximate surface area is 80.1 Å². The number of carbonyl (C=O) groups excluding carboxylic acids is 1. The molecule has 0 saturated heterocycles. The van der Waals surface area contributed by atoms with Crippen LogP contribution in [0.2, 0.25) is 0 Å². The highest BCUT2D eigenvalue weighted by Crippen LogP contribution is 2.07. The Morgan fingerprint density at radius 1 is 1.64 bits per heavy atom. The van der Waals surface area contributed by atoms with Crippen molar-refractivity contribution in [3.63, 3.8) is 0 Å². The van der Waals surface area contributed by atoms with Gasteiger partial charge in [-0.15, -0.1) is 0 Å². The van der Waals surface area contributed by atoms with Crippen molar-refractivity contribution in [3.05, 3.63) is 17.5 Å². The third-order valence-corrected chi connectivity index (χ3v) is 1.53. The molecule has 0 unspecified atom stereocenters. The van der Waals surface area contributed by atoms with E-state index in [1.165, 1.54) is 17.9 Å². The van der Waals surface area contributed by atoms with E-state index < -0.39 is 11.9 Å². The molecule has 0 aliphatic carbocycles. The number of carboxylic acids is 1. The maximum atomic E-state index is 11.2. The van der Waals surface area contributed by atoms with Gasteiger partial charge in [-0.05, 0) is 6.92 Å². The van der Waals surface area contributed by atoms with Crippen LogP contribution >= 0.6 is 0 Å². The Kier molecular flexibility index (Phi) is 2.85. The molecule has 0 aliphatic rings. The van der Waals surface area contributed by atoms with Crippen LogP contribution in [0.4, 0.5) is 0 Å². The van der Waals surface area contributed by atoms with Gasteiger partial charge in [-0.2, -0.15) is 5.10 Å². The van der Waals surface area contributed by atoms with Crippen LogP contribution in [0.25, 0.3) is 0 Å². The van der Waals surface area contributed by atoms with E-state index in [4.69, 9.17) is 5.11 Å². The second kappa shape index (κ2) is 3.91. The second-order valence-corrected chi connectivity index (χ2v) is 2.59. The number of hydrogen-bond donors (Lipinski definition) is 1. The van der Waals surface area contributed by atoms with Gasteiger partial charge in [0.2, 0.25) is 0 Å². The molecule has 6 nitrogen and oxygen atoms in total. The minimum absolute atomic E-state index is 0.0261. The maximum Gasteiger partial charge on any atom is 0.357 e. The molecule has 0 amide bonds. The van der Waals surface area contributed by atoms with Gasteiger partial charge < -0.3 is 9.84 Å². The number of carbonyl (C=O) groups is 2. The fourth-order valence-corrected chi connectivity index (χ4v) is 1.00. The Bertz CT molecular complexity index is 369. The molecule has 14 heavy (non-hydrogen) atoms. The van der Waals surface area contributed by atoms with Crippen LogP contribution in [0.3, 0.4) is 0 Å². The molecule has 0 aromatic carbocycles. The highest BCUT2D eigenvalue weighted by atomic mass is 16.5. The summed E-state index contributed by atoms with van der Waals surface area (Å²) in [5, 5.41) is 12.3. The van der Waals surface area contributed by atoms with Gasteiger partial charge in [0.1, 0.15) is 5.56 Å². The number of aryl methyl sites for hydroxylation is 1. The van der Waals surface area contributed by atoms with Crippen molar-refractivity contribution in [2.24, 2.45) is 7.05 Å².